The van der Waals surface area contributed by atoms with Crippen LogP contribution in [0.15, 0.2) is 83.3 Å². The zero-order valence-corrected chi connectivity index (χ0v) is 21.0. The summed E-state index contributed by atoms with van der Waals surface area (Å²) in [7, 11) is 0. The van der Waals surface area contributed by atoms with Crippen molar-refractivity contribution in [1.82, 2.24) is 10.2 Å². The van der Waals surface area contributed by atoms with E-state index >= 15 is 0 Å². The lowest BCUT2D eigenvalue weighted by Gasteiger charge is -2.32. The Kier molecular flexibility index (Phi) is 8.84. The summed E-state index contributed by atoms with van der Waals surface area (Å²) >= 11 is 3.47. The SMILES string of the molecule is Cc1cccc(CC(=O)N(Cc2ccc(Br)cc2)C(Cc2ccccc2)C(=O)NC(C)C)c1. The zero-order chi connectivity index (χ0) is 23.8. The number of carbonyl (C=O) groups excluding carboxylic acids is 2. The fraction of sp³-hybridized carbons (Fsp3) is 0.286. The summed E-state index contributed by atoms with van der Waals surface area (Å²) < 4.78 is 0.974. The van der Waals surface area contributed by atoms with Gasteiger partial charge in [-0.1, -0.05) is 88.2 Å². The van der Waals surface area contributed by atoms with Crippen LogP contribution in [0.5, 0.6) is 0 Å². The standard InChI is InChI=1S/C28H31BrN2O2/c1-20(2)30-28(33)26(17-22-9-5-4-6-10-22)31(19-23-12-14-25(29)15-13-23)27(32)18-24-11-7-8-21(3)16-24/h4-16,20,26H,17-19H2,1-3H3,(H,30,33). The molecule has 3 rings (SSSR count). The molecular formula is C28H31BrN2O2. The van der Waals surface area contributed by atoms with Crippen molar-refractivity contribution < 1.29 is 9.59 Å². The van der Waals surface area contributed by atoms with Crippen LogP contribution < -0.4 is 5.32 Å². The molecule has 0 radical (unpaired) electrons. The van der Waals surface area contributed by atoms with Crippen molar-refractivity contribution in [3.63, 3.8) is 0 Å². The molecule has 1 atom stereocenters. The Bertz CT molecular complexity index is 1060. The van der Waals surface area contributed by atoms with Crippen LogP contribution in [0.1, 0.15) is 36.1 Å². The average Bonchev–Trinajstić information content (AvgIpc) is 2.77. The van der Waals surface area contributed by atoms with Gasteiger partial charge in [0.25, 0.3) is 0 Å². The van der Waals surface area contributed by atoms with Crippen LogP contribution in [0.4, 0.5) is 0 Å². The third-order valence-corrected chi connectivity index (χ3v) is 5.93. The van der Waals surface area contributed by atoms with Gasteiger partial charge in [0.05, 0.1) is 6.42 Å². The Morgan fingerprint density at radius 1 is 0.879 bits per heavy atom. The molecule has 0 fully saturated rings. The quantitative estimate of drug-likeness (QED) is 0.418. The number of hydrogen-bond acceptors (Lipinski definition) is 2. The average molecular weight is 507 g/mol. The molecule has 0 aromatic heterocycles. The summed E-state index contributed by atoms with van der Waals surface area (Å²) in [5, 5.41) is 3.03. The lowest BCUT2D eigenvalue weighted by atomic mass is 10.0. The first-order chi connectivity index (χ1) is 15.8. The van der Waals surface area contributed by atoms with Gasteiger partial charge in [-0.3, -0.25) is 9.59 Å². The molecule has 0 aliphatic rings. The second-order valence-electron chi connectivity index (χ2n) is 8.68. The Labute approximate surface area is 205 Å². The van der Waals surface area contributed by atoms with E-state index in [1.54, 1.807) is 4.90 Å². The molecule has 0 heterocycles. The van der Waals surface area contributed by atoms with E-state index in [1.165, 1.54) is 0 Å². The van der Waals surface area contributed by atoms with E-state index in [9.17, 15) is 9.59 Å². The number of nitrogens with one attached hydrogen (secondary N) is 1. The van der Waals surface area contributed by atoms with Gasteiger partial charge in [-0.25, -0.2) is 0 Å². The van der Waals surface area contributed by atoms with Crippen molar-refractivity contribution in [2.24, 2.45) is 0 Å². The number of nitrogens with zero attached hydrogens (tertiary/aromatic N) is 1. The Hall–Kier alpha value is -2.92. The van der Waals surface area contributed by atoms with Gasteiger partial charge in [0, 0.05) is 23.5 Å². The molecule has 5 heteroatoms. The predicted octanol–water partition coefficient (Wildman–Crippen LogP) is 5.46. The second-order valence-corrected chi connectivity index (χ2v) is 9.60. The largest absolute Gasteiger partial charge is 0.352 e. The van der Waals surface area contributed by atoms with Gasteiger partial charge in [0.1, 0.15) is 6.04 Å². The van der Waals surface area contributed by atoms with E-state index in [0.29, 0.717) is 13.0 Å². The number of rotatable bonds is 9. The fourth-order valence-corrected chi connectivity index (χ4v) is 4.08. The van der Waals surface area contributed by atoms with Gasteiger partial charge in [-0.2, -0.15) is 0 Å². The van der Waals surface area contributed by atoms with E-state index in [4.69, 9.17) is 0 Å². The lowest BCUT2D eigenvalue weighted by molar-refractivity contribution is -0.141. The number of benzene rings is 3. The molecule has 3 aromatic rings. The lowest BCUT2D eigenvalue weighted by Crippen LogP contribution is -2.52. The van der Waals surface area contributed by atoms with E-state index in [-0.39, 0.29) is 24.3 Å². The summed E-state index contributed by atoms with van der Waals surface area (Å²) in [6.07, 6.45) is 0.702. The predicted molar refractivity (Wildman–Crippen MR) is 137 cm³/mol. The van der Waals surface area contributed by atoms with E-state index in [2.05, 4.69) is 21.2 Å². The van der Waals surface area contributed by atoms with Gasteiger partial charge in [0.2, 0.25) is 11.8 Å². The van der Waals surface area contributed by atoms with Gasteiger partial charge >= 0.3 is 0 Å². The normalized spacial score (nSPS) is 11.8. The summed E-state index contributed by atoms with van der Waals surface area (Å²) in [4.78, 5) is 28.7. The van der Waals surface area contributed by atoms with Crippen molar-refractivity contribution in [2.45, 2.75) is 52.2 Å². The highest BCUT2D eigenvalue weighted by atomic mass is 79.9. The van der Waals surface area contributed by atoms with Crippen LogP contribution in [-0.4, -0.2) is 28.8 Å². The molecule has 0 aliphatic heterocycles. The van der Waals surface area contributed by atoms with Gasteiger partial charge in [-0.15, -0.1) is 0 Å². The van der Waals surface area contributed by atoms with Crippen molar-refractivity contribution in [1.29, 1.82) is 0 Å². The topological polar surface area (TPSA) is 49.4 Å². The highest BCUT2D eigenvalue weighted by molar-refractivity contribution is 9.10. The van der Waals surface area contributed by atoms with Crippen LogP contribution in [0.25, 0.3) is 0 Å². The monoisotopic (exact) mass is 506 g/mol. The molecule has 1 N–H and O–H groups in total. The summed E-state index contributed by atoms with van der Waals surface area (Å²) in [5.74, 6) is -0.202. The Morgan fingerprint density at radius 3 is 2.18 bits per heavy atom. The Balaban J connectivity index is 1.96. The maximum absolute atomic E-state index is 13.7. The maximum Gasteiger partial charge on any atom is 0.243 e. The first kappa shape index (κ1) is 24.7. The van der Waals surface area contributed by atoms with Crippen LogP contribution in [0, 0.1) is 6.92 Å². The molecule has 1 unspecified atom stereocenters. The van der Waals surface area contributed by atoms with Crippen molar-refractivity contribution in [2.75, 3.05) is 0 Å². The Morgan fingerprint density at radius 2 is 1.55 bits per heavy atom. The molecule has 172 valence electrons. The van der Waals surface area contributed by atoms with E-state index in [0.717, 1.165) is 26.7 Å². The minimum Gasteiger partial charge on any atom is -0.352 e. The molecule has 0 bridgehead atoms. The van der Waals surface area contributed by atoms with Crippen LogP contribution in [-0.2, 0) is 29.0 Å². The second kappa shape index (κ2) is 11.8. The number of aryl methyl sites for hydroxylation is 1. The summed E-state index contributed by atoms with van der Waals surface area (Å²) in [5.41, 5.74) is 4.05. The van der Waals surface area contributed by atoms with Gasteiger partial charge < -0.3 is 10.2 Å². The number of halogens is 1. The van der Waals surface area contributed by atoms with Crippen LogP contribution in [0.3, 0.4) is 0 Å². The first-order valence-electron chi connectivity index (χ1n) is 11.3. The minimum absolute atomic E-state index is 0.0165. The molecular weight excluding hydrogens is 476 g/mol. The third kappa shape index (κ3) is 7.57. The van der Waals surface area contributed by atoms with Crippen LogP contribution >= 0.6 is 15.9 Å². The number of carbonyl (C=O) groups is 2. The van der Waals surface area contributed by atoms with E-state index in [1.807, 2.05) is 99.6 Å². The molecule has 2 amide bonds. The molecule has 33 heavy (non-hydrogen) atoms. The smallest absolute Gasteiger partial charge is 0.243 e. The van der Waals surface area contributed by atoms with Crippen molar-refractivity contribution >= 4 is 27.7 Å². The first-order valence-corrected chi connectivity index (χ1v) is 12.0. The molecule has 4 nitrogen and oxygen atoms in total. The highest BCUT2D eigenvalue weighted by Gasteiger charge is 2.30. The van der Waals surface area contributed by atoms with E-state index < -0.39 is 6.04 Å². The number of amides is 2. The van der Waals surface area contributed by atoms with Gasteiger partial charge in [0.15, 0.2) is 0 Å². The highest BCUT2D eigenvalue weighted by Crippen LogP contribution is 2.19. The van der Waals surface area contributed by atoms with Crippen molar-refractivity contribution in [3.8, 4) is 0 Å². The van der Waals surface area contributed by atoms with Crippen LogP contribution in [0.2, 0.25) is 0 Å². The molecule has 0 aliphatic carbocycles. The fourth-order valence-electron chi connectivity index (χ4n) is 3.82. The minimum atomic E-state index is -0.615. The molecule has 0 saturated heterocycles. The summed E-state index contributed by atoms with van der Waals surface area (Å²) in [6, 6.07) is 25.1. The molecule has 0 saturated carbocycles. The third-order valence-electron chi connectivity index (χ3n) is 5.41. The molecule has 3 aromatic carbocycles. The van der Waals surface area contributed by atoms with Crippen molar-refractivity contribution in [3.05, 3.63) is 106 Å². The van der Waals surface area contributed by atoms with Gasteiger partial charge in [-0.05, 0) is 49.6 Å². The molecule has 0 spiro atoms. The summed E-state index contributed by atoms with van der Waals surface area (Å²) in [6.45, 7) is 6.25. The zero-order valence-electron chi connectivity index (χ0n) is 19.4. The maximum atomic E-state index is 13.7. The number of hydrogen-bond donors (Lipinski definition) is 1.